The van der Waals surface area contributed by atoms with Crippen LogP contribution in [0.2, 0.25) is 0 Å². The first-order chi connectivity index (χ1) is 8.65. The molecule has 0 aliphatic heterocycles. The third-order valence-corrected chi connectivity index (χ3v) is 2.37. The van der Waals surface area contributed by atoms with E-state index in [1.165, 1.54) is 0 Å². The lowest BCUT2D eigenvalue weighted by molar-refractivity contribution is 0.0950. The van der Waals surface area contributed by atoms with E-state index in [1.807, 2.05) is 0 Å². The first kappa shape index (κ1) is 12.2. The van der Waals surface area contributed by atoms with Crippen molar-refractivity contribution in [2.24, 2.45) is 0 Å². The highest BCUT2D eigenvalue weighted by Crippen LogP contribution is 2.08. The fourth-order valence-corrected chi connectivity index (χ4v) is 1.51. The summed E-state index contributed by atoms with van der Waals surface area (Å²) in [4.78, 5) is 11.7. The van der Waals surface area contributed by atoms with Crippen molar-refractivity contribution in [1.82, 2.24) is 5.32 Å². The molecule has 0 spiro atoms. The molecule has 1 radical (unpaired) electrons. The maximum absolute atomic E-state index is 12.9. The molecular weight excluding hydrogens is 236 g/mol. The molecule has 0 bridgehead atoms. The van der Waals surface area contributed by atoms with E-state index < -0.39 is 17.5 Å². The molecule has 4 heteroatoms. The summed E-state index contributed by atoms with van der Waals surface area (Å²) in [5, 5.41) is 2.58. The third kappa shape index (κ3) is 3.13. The molecule has 18 heavy (non-hydrogen) atoms. The van der Waals surface area contributed by atoms with Gasteiger partial charge in [-0.1, -0.05) is 24.3 Å². The van der Waals surface area contributed by atoms with E-state index in [0.29, 0.717) is 6.54 Å². The first-order valence-corrected chi connectivity index (χ1v) is 5.34. The monoisotopic (exact) mass is 246 g/mol. The number of hydrogen-bond donors (Lipinski definition) is 1. The van der Waals surface area contributed by atoms with E-state index in [9.17, 15) is 13.6 Å². The number of benzene rings is 2. The predicted molar refractivity (Wildman–Crippen MR) is 62.8 cm³/mol. The predicted octanol–water partition coefficient (Wildman–Crippen LogP) is 2.69. The van der Waals surface area contributed by atoms with Crippen LogP contribution in [0.4, 0.5) is 8.78 Å². The van der Waals surface area contributed by atoms with Crippen molar-refractivity contribution in [1.29, 1.82) is 0 Å². The summed E-state index contributed by atoms with van der Waals surface area (Å²) < 4.78 is 25.9. The highest BCUT2D eigenvalue weighted by atomic mass is 19.1. The Balaban J connectivity index is 2.04. The van der Waals surface area contributed by atoms with Gasteiger partial charge in [0.15, 0.2) is 0 Å². The molecule has 1 amide bonds. The van der Waals surface area contributed by atoms with Crippen LogP contribution in [0.25, 0.3) is 0 Å². The molecule has 91 valence electrons. The number of carbonyl (C=O) groups excluding carboxylic acids is 1. The number of amides is 1. The Bertz CT molecular complexity index is 535. The van der Waals surface area contributed by atoms with Crippen LogP contribution in [-0.4, -0.2) is 5.91 Å². The van der Waals surface area contributed by atoms with Gasteiger partial charge in [-0.3, -0.25) is 4.79 Å². The quantitative estimate of drug-likeness (QED) is 0.886. The van der Waals surface area contributed by atoms with E-state index >= 15 is 0 Å². The van der Waals surface area contributed by atoms with Crippen molar-refractivity contribution in [2.45, 2.75) is 6.54 Å². The first-order valence-electron chi connectivity index (χ1n) is 5.34. The average Bonchev–Trinajstić information content (AvgIpc) is 2.36. The van der Waals surface area contributed by atoms with Gasteiger partial charge in [0.25, 0.3) is 5.91 Å². The number of halogens is 2. The van der Waals surface area contributed by atoms with Crippen LogP contribution in [0.3, 0.4) is 0 Å². The van der Waals surface area contributed by atoms with Crippen LogP contribution in [0, 0.1) is 17.7 Å². The van der Waals surface area contributed by atoms with Gasteiger partial charge in [-0.15, -0.1) is 0 Å². The molecule has 0 unspecified atom stereocenters. The number of nitrogens with one attached hydrogen (secondary N) is 1. The molecule has 0 atom stereocenters. The summed E-state index contributed by atoms with van der Waals surface area (Å²) in [5.41, 5.74) is 0.856. The summed E-state index contributed by atoms with van der Waals surface area (Å²) in [6, 6.07) is 12.6. The Morgan fingerprint density at radius 3 is 2.33 bits per heavy atom. The standard InChI is InChI=1S/C14H10F2NO/c15-12-6-11(7-13(16)8-12)14(18)17-9-10-4-2-1-3-5-10/h2-8H,9H2,(H,17,18). The fourth-order valence-electron chi connectivity index (χ4n) is 1.51. The molecule has 0 aliphatic rings. The zero-order chi connectivity index (χ0) is 13.0. The van der Waals surface area contributed by atoms with Crippen LogP contribution >= 0.6 is 0 Å². The molecule has 2 aromatic rings. The maximum atomic E-state index is 12.9. The zero-order valence-corrected chi connectivity index (χ0v) is 9.41. The Kier molecular flexibility index (Phi) is 3.67. The van der Waals surface area contributed by atoms with Crippen molar-refractivity contribution in [3.8, 4) is 0 Å². The molecule has 0 heterocycles. The molecule has 2 rings (SSSR count). The van der Waals surface area contributed by atoms with Gasteiger partial charge in [0.1, 0.15) is 11.6 Å². The molecule has 0 saturated carbocycles. The highest BCUT2D eigenvalue weighted by molar-refractivity contribution is 5.94. The van der Waals surface area contributed by atoms with Gasteiger partial charge in [-0.2, -0.15) is 0 Å². The molecule has 0 aromatic heterocycles. The summed E-state index contributed by atoms with van der Waals surface area (Å²) in [6.07, 6.45) is 0. The van der Waals surface area contributed by atoms with Crippen LogP contribution in [-0.2, 0) is 6.54 Å². The van der Waals surface area contributed by atoms with Gasteiger partial charge in [-0.05, 0) is 23.8 Å². The maximum Gasteiger partial charge on any atom is 0.251 e. The Hall–Kier alpha value is -2.23. The Morgan fingerprint density at radius 1 is 1.11 bits per heavy atom. The van der Waals surface area contributed by atoms with Crippen LogP contribution < -0.4 is 5.32 Å². The minimum Gasteiger partial charge on any atom is -0.348 e. The van der Waals surface area contributed by atoms with Crippen LogP contribution in [0.15, 0.2) is 42.5 Å². The van der Waals surface area contributed by atoms with Gasteiger partial charge in [0, 0.05) is 18.2 Å². The van der Waals surface area contributed by atoms with Gasteiger partial charge in [0.2, 0.25) is 0 Å². The molecular formula is C14H10F2NO. The van der Waals surface area contributed by atoms with E-state index in [0.717, 1.165) is 23.8 Å². The third-order valence-electron chi connectivity index (χ3n) is 2.37. The lowest BCUT2D eigenvalue weighted by Crippen LogP contribution is -2.23. The van der Waals surface area contributed by atoms with Crippen molar-refractivity contribution in [3.05, 3.63) is 71.3 Å². The van der Waals surface area contributed by atoms with Crippen molar-refractivity contribution < 1.29 is 13.6 Å². The van der Waals surface area contributed by atoms with Crippen LogP contribution in [0.5, 0.6) is 0 Å². The van der Waals surface area contributed by atoms with Crippen LogP contribution in [0.1, 0.15) is 15.9 Å². The summed E-state index contributed by atoms with van der Waals surface area (Å²) in [6.45, 7) is 0.297. The van der Waals surface area contributed by atoms with Gasteiger partial charge >= 0.3 is 0 Å². The van der Waals surface area contributed by atoms with E-state index in [2.05, 4.69) is 11.4 Å². The lowest BCUT2D eigenvalue weighted by Gasteiger charge is -2.05. The molecule has 2 nitrogen and oxygen atoms in total. The second-order valence-electron chi connectivity index (χ2n) is 3.75. The SMILES string of the molecule is O=C(NCc1cc[c]cc1)c1cc(F)cc(F)c1. The van der Waals surface area contributed by atoms with Crippen molar-refractivity contribution in [2.75, 3.05) is 0 Å². The number of rotatable bonds is 3. The summed E-state index contributed by atoms with van der Waals surface area (Å²) in [5.74, 6) is -2.05. The normalized spacial score (nSPS) is 10.1. The zero-order valence-electron chi connectivity index (χ0n) is 9.41. The van der Waals surface area contributed by atoms with E-state index in [4.69, 9.17) is 0 Å². The van der Waals surface area contributed by atoms with E-state index in [1.54, 1.807) is 24.3 Å². The number of hydrogen-bond acceptors (Lipinski definition) is 1. The molecule has 1 N–H and O–H groups in total. The second-order valence-corrected chi connectivity index (χ2v) is 3.75. The Labute approximate surface area is 103 Å². The van der Waals surface area contributed by atoms with Gasteiger partial charge in [0.05, 0.1) is 0 Å². The number of carbonyl (C=O) groups is 1. The smallest absolute Gasteiger partial charge is 0.251 e. The summed E-state index contributed by atoms with van der Waals surface area (Å²) >= 11 is 0. The summed E-state index contributed by atoms with van der Waals surface area (Å²) in [7, 11) is 0. The lowest BCUT2D eigenvalue weighted by atomic mass is 10.2. The van der Waals surface area contributed by atoms with E-state index in [-0.39, 0.29) is 5.56 Å². The minimum absolute atomic E-state index is 0.0324. The van der Waals surface area contributed by atoms with Crippen molar-refractivity contribution in [3.63, 3.8) is 0 Å². The molecule has 0 aliphatic carbocycles. The molecule has 0 saturated heterocycles. The van der Waals surface area contributed by atoms with Gasteiger partial charge < -0.3 is 5.32 Å². The largest absolute Gasteiger partial charge is 0.348 e. The Morgan fingerprint density at radius 2 is 1.72 bits per heavy atom. The fraction of sp³-hybridized carbons (Fsp3) is 0.0714. The highest BCUT2D eigenvalue weighted by Gasteiger charge is 2.08. The average molecular weight is 246 g/mol. The molecule has 0 fully saturated rings. The molecule has 2 aromatic carbocycles. The second kappa shape index (κ2) is 5.40. The topological polar surface area (TPSA) is 29.1 Å². The van der Waals surface area contributed by atoms with Crippen molar-refractivity contribution >= 4 is 5.91 Å². The van der Waals surface area contributed by atoms with Gasteiger partial charge in [-0.25, -0.2) is 8.78 Å². The minimum atomic E-state index is -0.769.